The maximum absolute atomic E-state index is 11.8. The molecular formula is C14H11BrN4O4. The van der Waals surface area contributed by atoms with Crippen molar-refractivity contribution >= 4 is 33.7 Å². The zero-order valence-corrected chi connectivity index (χ0v) is 13.4. The zero-order valence-electron chi connectivity index (χ0n) is 11.9. The number of aromatic nitrogens is 1. The van der Waals surface area contributed by atoms with Gasteiger partial charge in [0.1, 0.15) is 17.6 Å². The van der Waals surface area contributed by atoms with Crippen molar-refractivity contribution in [2.45, 2.75) is 6.92 Å². The summed E-state index contributed by atoms with van der Waals surface area (Å²) in [5.41, 5.74) is 3.10. The number of halogens is 1. The lowest BCUT2D eigenvalue weighted by atomic mass is 10.1. The van der Waals surface area contributed by atoms with E-state index in [1.165, 1.54) is 18.3 Å². The molecule has 1 aromatic carbocycles. The van der Waals surface area contributed by atoms with Gasteiger partial charge in [-0.2, -0.15) is 5.10 Å². The maximum atomic E-state index is 11.8. The number of hydrogen-bond acceptors (Lipinski definition) is 6. The van der Waals surface area contributed by atoms with E-state index in [4.69, 9.17) is 0 Å². The molecule has 0 saturated heterocycles. The fourth-order valence-corrected chi connectivity index (χ4v) is 2.30. The first kappa shape index (κ1) is 16.6. The molecule has 0 spiro atoms. The molecule has 0 aliphatic heterocycles. The summed E-state index contributed by atoms with van der Waals surface area (Å²) in [5.74, 6) is -0.568. The van der Waals surface area contributed by atoms with E-state index in [9.17, 15) is 20.0 Å². The van der Waals surface area contributed by atoms with Gasteiger partial charge in [-0.05, 0) is 30.7 Å². The van der Waals surface area contributed by atoms with E-state index < -0.39 is 10.8 Å². The number of nitrogens with one attached hydrogen (secondary N) is 1. The van der Waals surface area contributed by atoms with Crippen molar-refractivity contribution in [2.75, 3.05) is 0 Å². The summed E-state index contributed by atoms with van der Waals surface area (Å²) in [6, 6.07) is 5.78. The molecule has 9 heteroatoms. The van der Waals surface area contributed by atoms with E-state index >= 15 is 0 Å². The number of carbonyl (C=O) groups is 1. The van der Waals surface area contributed by atoms with Crippen LogP contribution in [0.3, 0.4) is 0 Å². The van der Waals surface area contributed by atoms with Gasteiger partial charge in [0, 0.05) is 16.1 Å². The molecule has 1 amide bonds. The van der Waals surface area contributed by atoms with Gasteiger partial charge in [0.25, 0.3) is 11.6 Å². The number of aryl methyl sites for hydroxylation is 1. The van der Waals surface area contributed by atoms with Crippen LogP contribution in [0.15, 0.2) is 40.0 Å². The summed E-state index contributed by atoms with van der Waals surface area (Å²) in [6.45, 7) is 1.73. The average molecular weight is 379 g/mol. The Morgan fingerprint density at radius 2 is 2.22 bits per heavy atom. The number of amides is 1. The molecule has 0 unspecified atom stereocenters. The Bertz CT molecular complexity index is 790. The third-order valence-corrected chi connectivity index (χ3v) is 3.31. The van der Waals surface area contributed by atoms with Gasteiger partial charge in [0.05, 0.1) is 11.1 Å². The van der Waals surface area contributed by atoms with Crippen molar-refractivity contribution in [1.29, 1.82) is 0 Å². The molecule has 23 heavy (non-hydrogen) atoms. The van der Waals surface area contributed by atoms with Gasteiger partial charge in [0.2, 0.25) is 0 Å². The lowest BCUT2D eigenvalue weighted by molar-refractivity contribution is -0.385. The molecule has 2 aromatic rings. The Hall–Kier alpha value is -2.81. The van der Waals surface area contributed by atoms with E-state index in [2.05, 4.69) is 31.4 Å². The summed E-state index contributed by atoms with van der Waals surface area (Å²) in [7, 11) is 0. The number of rotatable bonds is 4. The van der Waals surface area contributed by atoms with Crippen LogP contribution in [0.25, 0.3) is 0 Å². The van der Waals surface area contributed by atoms with E-state index in [1.807, 2.05) is 0 Å². The summed E-state index contributed by atoms with van der Waals surface area (Å²) in [5, 5.41) is 24.1. The predicted octanol–water partition coefficient (Wildman–Crippen LogP) is 2.53. The molecule has 0 bridgehead atoms. The molecule has 8 nitrogen and oxygen atoms in total. The Morgan fingerprint density at radius 3 is 2.83 bits per heavy atom. The third-order valence-electron chi connectivity index (χ3n) is 2.86. The number of benzene rings is 1. The summed E-state index contributed by atoms with van der Waals surface area (Å²) in [4.78, 5) is 25.4. The van der Waals surface area contributed by atoms with Crippen molar-refractivity contribution in [3.63, 3.8) is 0 Å². The van der Waals surface area contributed by atoms with Crippen LogP contribution in [-0.4, -0.2) is 27.1 Å². The number of aromatic hydroxyl groups is 1. The van der Waals surface area contributed by atoms with Crippen LogP contribution in [0.2, 0.25) is 0 Å². The topological polar surface area (TPSA) is 118 Å². The molecule has 1 heterocycles. The second-order valence-electron chi connectivity index (χ2n) is 4.52. The highest BCUT2D eigenvalue weighted by Crippen LogP contribution is 2.25. The summed E-state index contributed by atoms with van der Waals surface area (Å²) >= 11 is 3.30. The van der Waals surface area contributed by atoms with Crippen molar-refractivity contribution < 1.29 is 14.8 Å². The predicted molar refractivity (Wildman–Crippen MR) is 86.5 cm³/mol. The van der Waals surface area contributed by atoms with Crippen molar-refractivity contribution in [3.05, 3.63) is 61.9 Å². The summed E-state index contributed by atoms with van der Waals surface area (Å²) < 4.78 is 0.762. The van der Waals surface area contributed by atoms with Gasteiger partial charge in [-0.1, -0.05) is 15.9 Å². The number of hydrogen-bond donors (Lipinski definition) is 2. The molecule has 0 aliphatic rings. The van der Waals surface area contributed by atoms with Crippen LogP contribution in [0.1, 0.15) is 21.6 Å². The number of nitrogens with zero attached hydrogens (tertiary/aromatic N) is 3. The zero-order chi connectivity index (χ0) is 17.0. The maximum Gasteiger partial charge on any atom is 0.289 e. The first-order valence-electron chi connectivity index (χ1n) is 6.31. The highest BCUT2D eigenvalue weighted by molar-refractivity contribution is 9.10. The highest BCUT2D eigenvalue weighted by atomic mass is 79.9. The number of hydrazone groups is 1. The minimum absolute atomic E-state index is 0.0117. The number of phenolic OH excluding ortho intramolecular Hbond substituents is 1. The quantitative estimate of drug-likeness (QED) is 0.481. The first-order valence-corrected chi connectivity index (χ1v) is 7.10. The second kappa shape index (κ2) is 6.97. The van der Waals surface area contributed by atoms with Gasteiger partial charge in [-0.15, -0.1) is 0 Å². The SMILES string of the molecule is Cc1cc(Br)cc(C=NNC(=O)c2ccc([N+](=O)[O-])cn2)c1O. The first-order chi connectivity index (χ1) is 10.9. The molecule has 2 N–H and O–H groups in total. The van der Waals surface area contributed by atoms with Gasteiger partial charge < -0.3 is 5.11 Å². The lowest BCUT2D eigenvalue weighted by Crippen LogP contribution is -2.18. The molecular weight excluding hydrogens is 368 g/mol. The van der Waals surface area contributed by atoms with Gasteiger partial charge >= 0.3 is 0 Å². The second-order valence-corrected chi connectivity index (χ2v) is 5.43. The molecule has 0 atom stereocenters. The third kappa shape index (κ3) is 4.10. The molecule has 0 radical (unpaired) electrons. The Balaban J connectivity index is 2.08. The number of nitro groups is 1. The molecule has 0 fully saturated rings. The van der Waals surface area contributed by atoms with Crippen LogP contribution >= 0.6 is 15.9 Å². The van der Waals surface area contributed by atoms with Gasteiger partial charge in [-0.3, -0.25) is 14.9 Å². The van der Waals surface area contributed by atoms with Crippen LogP contribution < -0.4 is 5.43 Å². The number of pyridine rings is 1. The van der Waals surface area contributed by atoms with Crippen LogP contribution in [0.4, 0.5) is 5.69 Å². The highest BCUT2D eigenvalue weighted by Gasteiger charge is 2.10. The van der Waals surface area contributed by atoms with E-state index in [0.717, 1.165) is 10.7 Å². The number of carbonyl (C=O) groups excluding carboxylic acids is 1. The van der Waals surface area contributed by atoms with Crippen molar-refractivity contribution in [1.82, 2.24) is 10.4 Å². The molecule has 2 rings (SSSR count). The monoisotopic (exact) mass is 378 g/mol. The fraction of sp³-hybridized carbons (Fsp3) is 0.0714. The normalized spacial score (nSPS) is 10.7. The smallest absolute Gasteiger partial charge is 0.289 e. The molecule has 1 aromatic heterocycles. The number of phenols is 1. The lowest BCUT2D eigenvalue weighted by Gasteiger charge is -2.04. The minimum Gasteiger partial charge on any atom is -0.507 e. The molecule has 0 aliphatic carbocycles. The fourth-order valence-electron chi connectivity index (χ4n) is 1.71. The van der Waals surface area contributed by atoms with Crippen molar-refractivity contribution in [2.24, 2.45) is 5.10 Å². The molecule has 0 saturated carbocycles. The standard InChI is InChI=1S/C14H11BrN4O4/c1-8-4-10(15)5-9(13(8)20)6-17-18-14(21)12-3-2-11(7-16-12)19(22)23/h2-7,20H,1H3,(H,18,21). The summed E-state index contributed by atoms with van der Waals surface area (Å²) in [6.07, 6.45) is 2.28. The minimum atomic E-state index is -0.623. The van der Waals surface area contributed by atoms with E-state index in [-0.39, 0.29) is 17.1 Å². The van der Waals surface area contributed by atoms with Crippen LogP contribution in [0, 0.1) is 17.0 Å². The van der Waals surface area contributed by atoms with Crippen LogP contribution in [0.5, 0.6) is 5.75 Å². The van der Waals surface area contributed by atoms with Gasteiger partial charge in [0.15, 0.2) is 0 Å². The Labute approximate surface area is 139 Å². The van der Waals surface area contributed by atoms with Crippen molar-refractivity contribution in [3.8, 4) is 5.75 Å². The molecule has 118 valence electrons. The van der Waals surface area contributed by atoms with E-state index in [0.29, 0.717) is 11.1 Å². The van der Waals surface area contributed by atoms with E-state index in [1.54, 1.807) is 19.1 Å². The van der Waals surface area contributed by atoms with Crippen LogP contribution in [-0.2, 0) is 0 Å². The Morgan fingerprint density at radius 1 is 1.48 bits per heavy atom. The Kier molecular flexibility index (Phi) is 5.02. The van der Waals surface area contributed by atoms with Gasteiger partial charge in [-0.25, -0.2) is 10.4 Å². The average Bonchev–Trinajstić information content (AvgIpc) is 2.51. The largest absolute Gasteiger partial charge is 0.507 e.